The Morgan fingerprint density at radius 3 is 2.83 bits per heavy atom. The number of anilines is 1. The zero-order chi connectivity index (χ0) is 13.3. The van der Waals surface area contributed by atoms with E-state index >= 15 is 0 Å². The average Bonchev–Trinajstić information content (AvgIpc) is 2.75. The van der Waals surface area contributed by atoms with Crippen LogP contribution in [-0.4, -0.2) is 35.1 Å². The highest BCUT2D eigenvalue weighted by atomic mass is 79.9. The fourth-order valence-electron chi connectivity index (χ4n) is 2.28. The van der Waals surface area contributed by atoms with Gasteiger partial charge in [-0.1, -0.05) is 15.9 Å². The van der Waals surface area contributed by atoms with Gasteiger partial charge in [0.15, 0.2) is 0 Å². The number of halogens is 1. The molecule has 1 saturated heterocycles. The molecule has 1 aliphatic rings. The molecule has 2 atom stereocenters. The summed E-state index contributed by atoms with van der Waals surface area (Å²) in [5.41, 5.74) is 6.89. The number of rotatable bonds is 2. The molecular weight excluding hydrogens is 296 g/mol. The van der Waals surface area contributed by atoms with Crippen LogP contribution in [0.15, 0.2) is 22.7 Å². The first kappa shape index (κ1) is 13.4. The number of hydrogen-bond acceptors (Lipinski definition) is 3. The summed E-state index contributed by atoms with van der Waals surface area (Å²) in [6.45, 7) is 3.08. The summed E-state index contributed by atoms with van der Waals surface area (Å²) < 4.78 is 0.803. The molecule has 98 valence electrons. The standard InChI is InChI=1S/C13H17BrN2O2/c1-8(17)9-2-3-16(7-9)13(18)10-4-11(14)6-12(15)5-10/h4-6,8-9,17H,2-3,7,15H2,1H3. The van der Waals surface area contributed by atoms with E-state index in [0.717, 1.165) is 10.9 Å². The minimum Gasteiger partial charge on any atom is -0.399 e. The van der Waals surface area contributed by atoms with Crippen molar-refractivity contribution in [2.45, 2.75) is 19.4 Å². The van der Waals surface area contributed by atoms with Crippen LogP contribution in [0.4, 0.5) is 5.69 Å². The van der Waals surface area contributed by atoms with Crippen LogP contribution in [0, 0.1) is 5.92 Å². The van der Waals surface area contributed by atoms with Crippen LogP contribution in [0.5, 0.6) is 0 Å². The van der Waals surface area contributed by atoms with Crippen LogP contribution >= 0.6 is 15.9 Å². The second kappa shape index (κ2) is 5.28. The van der Waals surface area contributed by atoms with Crippen molar-refractivity contribution < 1.29 is 9.90 Å². The average molecular weight is 313 g/mol. The largest absolute Gasteiger partial charge is 0.399 e. The number of hydrogen-bond donors (Lipinski definition) is 2. The number of nitrogens with two attached hydrogens (primary N) is 1. The Bertz CT molecular complexity index is 442. The first-order valence-electron chi connectivity index (χ1n) is 6.01. The minimum absolute atomic E-state index is 0.0221. The molecule has 2 rings (SSSR count). The molecular formula is C13H17BrN2O2. The highest BCUT2D eigenvalue weighted by Gasteiger charge is 2.29. The van der Waals surface area contributed by atoms with Gasteiger partial charge < -0.3 is 15.7 Å². The van der Waals surface area contributed by atoms with Crippen LogP contribution in [0.1, 0.15) is 23.7 Å². The summed E-state index contributed by atoms with van der Waals surface area (Å²) in [7, 11) is 0. The minimum atomic E-state index is -0.365. The predicted molar refractivity (Wildman–Crippen MR) is 74.2 cm³/mol. The smallest absolute Gasteiger partial charge is 0.253 e. The van der Waals surface area contributed by atoms with E-state index in [1.807, 2.05) is 0 Å². The quantitative estimate of drug-likeness (QED) is 0.819. The summed E-state index contributed by atoms with van der Waals surface area (Å²) in [5.74, 6) is 0.157. The molecule has 0 saturated carbocycles. The van der Waals surface area contributed by atoms with Crippen molar-refractivity contribution in [2.24, 2.45) is 5.92 Å². The van der Waals surface area contributed by atoms with Gasteiger partial charge in [-0.3, -0.25) is 4.79 Å². The third kappa shape index (κ3) is 2.84. The van der Waals surface area contributed by atoms with Gasteiger partial charge in [-0.2, -0.15) is 0 Å². The van der Waals surface area contributed by atoms with E-state index in [1.165, 1.54) is 0 Å². The molecule has 0 radical (unpaired) electrons. The Morgan fingerprint density at radius 2 is 2.28 bits per heavy atom. The van der Waals surface area contributed by atoms with E-state index in [9.17, 15) is 9.90 Å². The highest BCUT2D eigenvalue weighted by Crippen LogP contribution is 2.24. The van der Waals surface area contributed by atoms with Gasteiger partial charge in [0.1, 0.15) is 0 Å². The second-order valence-electron chi connectivity index (χ2n) is 4.81. The maximum absolute atomic E-state index is 12.3. The van der Waals surface area contributed by atoms with Crippen LogP contribution in [0.25, 0.3) is 0 Å². The number of likely N-dealkylation sites (tertiary alicyclic amines) is 1. The van der Waals surface area contributed by atoms with Crippen molar-refractivity contribution in [1.29, 1.82) is 0 Å². The molecule has 1 heterocycles. The maximum Gasteiger partial charge on any atom is 0.253 e. The number of benzene rings is 1. The van der Waals surface area contributed by atoms with Crippen molar-refractivity contribution in [3.05, 3.63) is 28.2 Å². The lowest BCUT2D eigenvalue weighted by Crippen LogP contribution is -2.30. The van der Waals surface area contributed by atoms with Crippen molar-refractivity contribution in [3.63, 3.8) is 0 Å². The first-order valence-corrected chi connectivity index (χ1v) is 6.80. The predicted octanol–water partition coefficient (Wildman–Crippen LogP) is 1.87. The van der Waals surface area contributed by atoms with Gasteiger partial charge in [-0.05, 0) is 31.5 Å². The molecule has 0 aromatic heterocycles. The van der Waals surface area contributed by atoms with Gasteiger partial charge in [-0.15, -0.1) is 0 Å². The summed E-state index contributed by atoms with van der Waals surface area (Å²) in [6, 6.07) is 5.22. The Morgan fingerprint density at radius 1 is 1.56 bits per heavy atom. The lowest BCUT2D eigenvalue weighted by molar-refractivity contribution is 0.0762. The molecule has 5 heteroatoms. The number of nitrogens with zero attached hydrogens (tertiary/aromatic N) is 1. The van der Waals surface area contributed by atoms with Gasteiger partial charge >= 0.3 is 0 Å². The van der Waals surface area contributed by atoms with Crippen molar-refractivity contribution in [1.82, 2.24) is 4.90 Å². The molecule has 1 aromatic carbocycles. The number of carbonyl (C=O) groups excluding carboxylic acids is 1. The number of carbonyl (C=O) groups is 1. The summed E-state index contributed by atoms with van der Waals surface area (Å²) in [6.07, 6.45) is 0.489. The van der Waals surface area contributed by atoms with E-state index in [2.05, 4.69) is 15.9 Å². The van der Waals surface area contributed by atoms with E-state index in [1.54, 1.807) is 30.0 Å². The SMILES string of the molecule is CC(O)C1CCN(C(=O)c2cc(N)cc(Br)c2)C1. The normalized spacial score (nSPS) is 21.1. The number of aliphatic hydroxyl groups is 1. The lowest BCUT2D eigenvalue weighted by Gasteiger charge is -2.18. The van der Waals surface area contributed by atoms with Crippen molar-refractivity contribution >= 4 is 27.5 Å². The third-order valence-corrected chi connectivity index (χ3v) is 3.82. The summed E-state index contributed by atoms with van der Waals surface area (Å²) in [4.78, 5) is 14.1. The molecule has 18 heavy (non-hydrogen) atoms. The van der Waals surface area contributed by atoms with Gasteiger partial charge in [-0.25, -0.2) is 0 Å². The van der Waals surface area contributed by atoms with Gasteiger partial charge in [0, 0.05) is 34.7 Å². The monoisotopic (exact) mass is 312 g/mol. The summed E-state index contributed by atoms with van der Waals surface area (Å²) >= 11 is 3.33. The number of aliphatic hydroxyl groups excluding tert-OH is 1. The van der Waals surface area contributed by atoms with E-state index in [0.29, 0.717) is 24.3 Å². The first-order chi connectivity index (χ1) is 8.47. The zero-order valence-corrected chi connectivity index (χ0v) is 11.9. The maximum atomic E-state index is 12.3. The molecule has 0 aliphatic carbocycles. The topological polar surface area (TPSA) is 66.6 Å². The Hall–Kier alpha value is -1.07. The van der Waals surface area contributed by atoms with Crippen molar-refractivity contribution in [2.75, 3.05) is 18.8 Å². The molecule has 1 amide bonds. The van der Waals surface area contributed by atoms with E-state index in [4.69, 9.17) is 5.73 Å². The summed E-state index contributed by atoms with van der Waals surface area (Å²) in [5, 5.41) is 9.55. The molecule has 0 bridgehead atoms. The molecule has 1 fully saturated rings. The van der Waals surface area contributed by atoms with Crippen LogP contribution in [-0.2, 0) is 0 Å². The Kier molecular flexibility index (Phi) is 3.92. The number of amides is 1. The fraction of sp³-hybridized carbons (Fsp3) is 0.462. The van der Waals surface area contributed by atoms with Crippen LogP contribution in [0.3, 0.4) is 0 Å². The zero-order valence-electron chi connectivity index (χ0n) is 10.3. The Labute approximate surface area is 115 Å². The van der Waals surface area contributed by atoms with Crippen molar-refractivity contribution in [3.8, 4) is 0 Å². The second-order valence-corrected chi connectivity index (χ2v) is 5.73. The molecule has 1 aromatic rings. The number of nitrogen functional groups attached to an aromatic ring is 1. The van der Waals surface area contributed by atoms with E-state index < -0.39 is 0 Å². The van der Waals surface area contributed by atoms with Crippen LogP contribution in [0.2, 0.25) is 0 Å². The Balaban J connectivity index is 2.12. The molecule has 3 N–H and O–H groups in total. The van der Waals surface area contributed by atoms with Crippen LogP contribution < -0.4 is 5.73 Å². The molecule has 2 unspecified atom stereocenters. The molecule has 1 aliphatic heterocycles. The van der Waals surface area contributed by atoms with Gasteiger partial charge in [0.05, 0.1) is 6.10 Å². The highest BCUT2D eigenvalue weighted by molar-refractivity contribution is 9.10. The molecule has 0 spiro atoms. The fourth-order valence-corrected chi connectivity index (χ4v) is 2.79. The molecule has 4 nitrogen and oxygen atoms in total. The van der Waals surface area contributed by atoms with E-state index in [-0.39, 0.29) is 17.9 Å². The third-order valence-electron chi connectivity index (χ3n) is 3.36. The lowest BCUT2D eigenvalue weighted by atomic mass is 10.0. The van der Waals surface area contributed by atoms with Gasteiger partial charge in [0.25, 0.3) is 5.91 Å². The van der Waals surface area contributed by atoms with Gasteiger partial charge in [0.2, 0.25) is 0 Å².